The number of hydrogen-bond acceptors (Lipinski definition) is 3. The van der Waals surface area contributed by atoms with E-state index >= 15 is 0 Å². The summed E-state index contributed by atoms with van der Waals surface area (Å²) in [6.45, 7) is 2.17. The second-order valence-electron chi connectivity index (χ2n) is 7.12. The highest BCUT2D eigenvalue weighted by molar-refractivity contribution is 5.95. The average Bonchev–Trinajstić information content (AvgIpc) is 3.40. The lowest BCUT2D eigenvalue weighted by atomic mass is 10.1. The van der Waals surface area contributed by atoms with E-state index in [9.17, 15) is 9.59 Å². The topological polar surface area (TPSA) is 71.0 Å². The van der Waals surface area contributed by atoms with Crippen LogP contribution in [0.15, 0.2) is 53.5 Å². The number of rotatable bonds is 5. The van der Waals surface area contributed by atoms with Crippen molar-refractivity contribution in [3.05, 3.63) is 75.8 Å². The van der Waals surface area contributed by atoms with Crippen molar-refractivity contribution in [1.82, 2.24) is 19.7 Å². The zero-order valence-electron chi connectivity index (χ0n) is 15.5. The molecule has 2 aromatic heterocycles. The molecule has 0 saturated heterocycles. The molecule has 1 aliphatic carbocycles. The number of aromatic amines is 1. The molecule has 6 heteroatoms. The van der Waals surface area contributed by atoms with Crippen molar-refractivity contribution in [3.63, 3.8) is 0 Å². The van der Waals surface area contributed by atoms with Crippen LogP contribution in [0.25, 0.3) is 11.3 Å². The van der Waals surface area contributed by atoms with Gasteiger partial charge in [0.05, 0.1) is 17.9 Å². The van der Waals surface area contributed by atoms with Crippen molar-refractivity contribution < 1.29 is 4.79 Å². The van der Waals surface area contributed by atoms with E-state index in [2.05, 4.69) is 10.2 Å². The van der Waals surface area contributed by atoms with Gasteiger partial charge in [-0.2, -0.15) is 5.10 Å². The normalized spacial score (nSPS) is 13.6. The summed E-state index contributed by atoms with van der Waals surface area (Å²) in [6, 6.07) is 13.9. The third-order valence-corrected chi connectivity index (χ3v) is 4.94. The molecule has 0 spiro atoms. The molecule has 138 valence electrons. The van der Waals surface area contributed by atoms with E-state index in [4.69, 9.17) is 0 Å². The second-order valence-corrected chi connectivity index (χ2v) is 7.12. The van der Waals surface area contributed by atoms with Gasteiger partial charge < -0.3 is 9.47 Å². The maximum Gasteiger partial charge on any atom is 0.263 e. The fraction of sp³-hybridized carbons (Fsp3) is 0.286. The number of benzene rings is 1. The lowest BCUT2D eigenvalue weighted by molar-refractivity contribution is 0.0780. The zero-order chi connectivity index (χ0) is 19.0. The molecule has 1 saturated carbocycles. The van der Waals surface area contributed by atoms with Gasteiger partial charge >= 0.3 is 0 Å². The Bertz CT molecular complexity index is 1030. The van der Waals surface area contributed by atoms with Crippen molar-refractivity contribution in [2.24, 2.45) is 0 Å². The largest absolute Gasteiger partial charge is 0.336 e. The lowest BCUT2D eigenvalue weighted by Gasteiger charge is -2.18. The molecular formula is C21H22N4O2. The van der Waals surface area contributed by atoms with E-state index in [1.807, 2.05) is 49.4 Å². The predicted molar refractivity (Wildman–Crippen MR) is 104 cm³/mol. The van der Waals surface area contributed by atoms with Gasteiger partial charge in [0, 0.05) is 24.8 Å². The number of amides is 1. The summed E-state index contributed by atoms with van der Waals surface area (Å²) in [7, 11) is 1.71. The molecule has 1 aliphatic rings. The molecule has 4 rings (SSSR count). The van der Waals surface area contributed by atoms with Crippen LogP contribution in [-0.4, -0.2) is 32.6 Å². The summed E-state index contributed by atoms with van der Waals surface area (Å²) in [5, 5.41) is 7.31. The van der Waals surface area contributed by atoms with Crippen LogP contribution in [0.5, 0.6) is 0 Å². The molecule has 6 nitrogen and oxygen atoms in total. The SMILES string of the molecule is Cc1ccn(C2CC2)c(=O)c1C(=O)N(C)Cc1cc(-c2ccccc2)n[nH]1. The first-order valence-electron chi connectivity index (χ1n) is 9.11. The maximum atomic E-state index is 12.9. The fourth-order valence-electron chi connectivity index (χ4n) is 3.26. The minimum Gasteiger partial charge on any atom is -0.336 e. The van der Waals surface area contributed by atoms with E-state index in [0.717, 1.165) is 29.8 Å². The number of H-pyrrole nitrogens is 1. The Morgan fingerprint density at radius 1 is 1.26 bits per heavy atom. The standard InChI is InChI=1S/C21H22N4O2/c1-14-10-11-25(17-8-9-17)21(27)19(14)20(26)24(2)13-16-12-18(23-22-16)15-6-4-3-5-7-15/h3-7,10-12,17H,8-9,13H2,1-2H3,(H,22,23). The molecule has 0 aliphatic heterocycles. The van der Waals surface area contributed by atoms with Crippen molar-refractivity contribution in [3.8, 4) is 11.3 Å². The van der Waals surface area contributed by atoms with Gasteiger partial charge in [0.2, 0.25) is 0 Å². The van der Waals surface area contributed by atoms with Gasteiger partial charge in [-0.15, -0.1) is 0 Å². The Labute approximate surface area is 157 Å². The van der Waals surface area contributed by atoms with E-state index in [1.54, 1.807) is 22.7 Å². The van der Waals surface area contributed by atoms with Gasteiger partial charge in [0.1, 0.15) is 5.56 Å². The van der Waals surface area contributed by atoms with Gasteiger partial charge in [-0.3, -0.25) is 14.7 Å². The molecule has 27 heavy (non-hydrogen) atoms. The van der Waals surface area contributed by atoms with Crippen LogP contribution >= 0.6 is 0 Å². The quantitative estimate of drug-likeness (QED) is 0.758. The molecule has 3 aromatic rings. The van der Waals surface area contributed by atoms with Crippen LogP contribution in [0.4, 0.5) is 0 Å². The van der Waals surface area contributed by atoms with Crippen LogP contribution < -0.4 is 5.56 Å². The molecule has 0 radical (unpaired) electrons. The van der Waals surface area contributed by atoms with Crippen LogP contribution in [0.1, 0.15) is 40.5 Å². The molecule has 1 N–H and O–H groups in total. The highest BCUT2D eigenvalue weighted by Crippen LogP contribution is 2.33. The van der Waals surface area contributed by atoms with Crippen LogP contribution in [0, 0.1) is 6.92 Å². The highest BCUT2D eigenvalue weighted by atomic mass is 16.2. The lowest BCUT2D eigenvalue weighted by Crippen LogP contribution is -2.35. The smallest absolute Gasteiger partial charge is 0.263 e. The number of nitrogens with one attached hydrogen (secondary N) is 1. The molecular weight excluding hydrogens is 340 g/mol. The Kier molecular flexibility index (Phi) is 4.39. The summed E-state index contributed by atoms with van der Waals surface area (Å²) in [5.41, 5.74) is 3.45. The third kappa shape index (κ3) is 3.43. The van der Waals surface area contributed by atoms with Crippen molar-refractivity contribution in [1.29, 1.82) is 0 Å². The Morgan fingerprint density at radius 3 is 2.70 bits per heavy atom. The monoisotopic (exact) mass is 362 g/mol. The van der Waals surface area contributed by atoms with Gasteiger partial charge in [0.15, 0.2) is 0 Å². The predicted octanol–water partition coefficient (Wildman–Crippen LogP) is 3.15. The fourth-order valence-corrected chi connectivity index (χ4v) is 3.26. The van der Waals surface area contributed by atoms with Gasteiger partial charge in [0.25, 0.3) is 11.5 Å². The van der Waals surface area contributed by atoms with Crippen molar-refractivity contribution in [2.45, 2.75) is 32.4 Å². The molecule has 0 unspecified atom stereocenters. The van der Waals surface area contributed by atoms with E-state index in [1.165, 1.54) is 0 Å². The molecule has 1 fully saturated rings. The number of nitrogens with zero attached hydrogens (tertiary/aromatic N) is 3. The van der Waals surface area contributed by atoms with Crippen LogP contribution in [0.2, 0.25) is 0 Å². The van der Waals surface area contributed by atoms with Crippen LogP contribution in [0.3, 0.4) is 0 Å². The number of hydrogen-bond donors (Lipinski definition) is 1. The summed E-state index contributed by atoms with van der Waals surface area (Å²) in [6.07, 6.45) is 3.80. The van der Waals surface area contributed by atoms with E-state index in [-0.39, 0.29) is 23.1 Å². The number of aryl methyl sites for hydroxylation is 1. The van der Waals surface area contributed by atoms with E-state index < -0.39 is 0 Å². The second kappa shape index (κ2) is 6.87. The summed E-state index contributed by atoms with van der Waals surface area (Å²) in [4.78, 5) is 27.3. The number of carbonyl (C=O) groups excluding carboxylic acids is 1. The summed E-state index contributed by atoms with van der Waals surface area (Å²) in [5.74, 6) is -0.261. The maximum absolute atomic E-state index is 12.9. The average molecular weight is 362 g/mol. The molecule has 1 amide bonds. The third-order valence-electron chi connectivity index (χ3n) is 4.94. The number of pyridine rings is 1. The summed E-state index contributed by atoms with van der Waals surface area (Å²) >= 11 is 0. The number of aromatic nitrogens is 3. The van der Waals surface area contributed by atoms with Crippen LogP contribution in [-0.2, 0) is 6.54 Å². The first-order chi connectivity index (χ1) is 13.0. The minimum atomic E-state index is -0.261. The molecule has 0 atom stereocenters. The van der Waals surface area contributed by atoms with Gasteiger partial charge in [-0.25, -0.2) is 0 Å². The minimum absolute atomic E-state index is 0.191. The van der Waals surface area contributed by atoms with Crippen molar-refractivity contribution >= 4 is 5.91 Å². The van der Waals surface area contributed by atoms with E-state index in [0.29, 0.717) is 12.1 Å². The summed E-state index contributed by atoms with van der Waals surface area (Å²) < 4.78 is 1.69. The molecule has 2 heterocycles. The van der Waals surface area contributed by atoms with Gasteiger partial charge in [-0.05, 0) is 37.5 Å². The Hall–Kier alpha value is -3.15. The zero-order valence-corrected chi connectivity index (χ0v) is 15.5. The molecule has 1 aromatic carbocycles. The Morgan fingerprint density at radius 2 is 2.00 bits per heavy atom. The highest BCUT2D eigenvalue weighted by Gasteiger charge is 2.28. The van der Waals surface area contributed by atoms with Crippen molar-refractivity contribution in [2.75, 3.05) is 7.05 Å². The Balaban J connectivity index is 1.55. The molecule has 0 bridgehead atoms. The first kappa shape index (κ1) is 17.3. The number of carbonyl (C=O) groups is 1. The van der Waals surface area contributed by atoms with Gasteiger partial charge in [-0.1, -0.05) is 30.3 Å². The first-order valence-corrected chi connectivity index (χ1v) is 9.11.